The minimum atomic E-state index is -1.00. The van der Waals surface area contributed by atoms with Gasteiger partial charge in [0.2, 0.25) is 0 Å². The lowest BCUT2D eigenvalue weighted by Crippen LogP contribution is -2.17. The average molecular weight is 399 g/mol. The van der Waals surface area contributed by atoms with Gasteiger partial charge in [-0.3, -0.25) is 5.32 Å². The number of anilines is 1. The van der Waals surface area contributed by atoms with Gasteiger partial charge in [0.15, 0.2) is 11.5 Å². The molecule has 2 rings (SSSR count). The molecular formula is C22H25NO6. The number of methoxy groups -OCH3 is 1. The molecule has 7 heteroatoms. The molecule has 1 amide bonds. The molecule has 3 N–H and O–H groups in total. The number of phenolic OH excluding ortho intramolecular Hbond substituents is 1. The first-order valence-corrected chi connectivity index (χ1v) is 9.19. The number of phenols is 1. The Morgan fingerprint density at radius 2 is 1.90 bits per heavy atom. The van der Waals surface area contributed by atoms with Gasteiger partial charge in [0.25, 0.3) is 0 Å². The van der Waals surface area contributed by atoms with Crippen LogP contribution < -0.4 is 10.1 Å². The monoisotopic (exact) mass is 399 g/mol. The molecule has 7 nitrogen and oxygen atoms in total. The van der Waals surface area contributed by atoms with Gasteiger partial charge >= 0.3 is 12.1 Å². The summed E-state index contributed by atoms with van der Waals surface area (Å²) in [4.78, 5) is 22.9. The fraction of sp³-hybridized carbons (Fsp3) is 0.273. The van der Waals surface area contributed by atoms with Gasteiger partial charge < -0.3 is 19.7 Å². The number of carbonyl (C=O) groups is 2. The van der Waals surface area contributed by atoms with Gasteiger partial charge in [0.1, 0.15) is 6.10 Å². The molecule has 0 aliphatic rings. The maximum atomic E-state index is 12.4. The first-order chi connectivity index (χ1) is 13.9. The van der Waals surface area contributed by atoms with Crippen LogP contribution in [0.4, 0.5) is 10.5 Å². The SMILES string of the molecule is COc1ccc([C@H](CCC/C=C/C(=O)O)OC(=O)Nc2ccc(C)cc2)cc1O. The van der Waals surface area contributed by atoms with E-state index in [2.05, 4.69) is 5.32 Å². The number of hydrogen-bond donors (Lipinski definition) is 3. The first-order valence-electron chi connectivity index (χ1n) is 9.19. The molecular weight excluding hydrogens is 374 g/mol. The second-order valence-electron chi connectivity index (χ2n) is 6.49. The normalized spacial score (nSPS) is 11.8. The third-order valence-electron chi connectivity index (χ3n) is 4.22. The molecule has 0 unspecified atom stereocenters. The number of unbranched alkanes of at least 4 members (excludes halogenated alkanes) is 1. The molecule has 0 spiro atoms. The number of carboxylic acid groups (broad SMARTS) is 1. The van der Waals surface area contributed by atoms with E-state index in [0.29, 0.717) is 36.3 Å². The van der Waals surface area contributed by atoms with Gasteiger partial charge in [0, 0.05) is 11.8 Å². The fourth-order valence-corrected chi connectivity index (χ4v) is 2.72. The maximum absolute atomic E-state index is 12.4. The number of aliphatic carboxylic acids is 1. The largest absolute Gasteiger partial charge is 0.504 e. The van der Waals surface area contributed by atoms with Gasteiger partial charge in [-0.15, -0.1) is 0 Å². The standard InChI is InChI=1S/C22H25NO6/c1-15-8-11-17(12-9-15)23-22(27)29-19(6-4-3-5-7-21(25)26)16-10-13-20(28-2)18(24)14-16/h5,7-14,19,24H,3-4,6H2,1-2H3,(H,23,27)(H,25,26)/b7-5+/t19-/m0/s1. The molecule has 0 heterocycles. The van der Waals surface area contributed by atoms with Gasteiger partial charge in [0.05, 0.1) is 7.11 Å². The van der Waals surface area contributed by atoms with E-state index in [1.165, 1.54) is 13.2 Å². The van der Waals surface area contributed by atoms with Crippen LogP contribution in [0.2, 0.25) is 0 Å². The van der Waals surface area contributed by atoms with Crippen LogP contribution in [0.15, 0.2) is 54.6 Å². The third kappa shape index (κ3) is 7.21. The summed E-state index contributed by atoms with van der Waals surface area (Å²) >= 11 is 0. The summed E-state index contributed by atoms with van der Waals surface area (Å²) in [5.74, 6) is -0.736. The Hall–Kier alpha value is -3.48. The second-order valence-corrected chi connectivity index (χ2v) is 6.49. The van der Waals surface area contributed by atoms with Crippen molar-refractivity contribution >= 4 is 17.7 Å². The third-order valence-corrected chi connectivity index (χ3v) is 4.22. The summed E-state index contributed by atoms with van der Waals surface area (Å²) in [5, 5.41) is 21.4. The predicted octanol–water partition coefficient (Wildman–Crippen LogP) is 4.81. The number of nitrogens with one attached hydrogen (secondary N) is 1. The van der Waals surface area contributed by atoms with Crippen molar-refractivity contribution in [2.75, 3.05) is 12.4 Å². The number of carbonyl (C=O) groups excluding carboxylic acids is 1. The topological polar surface area (TPSA) is 105 Å². The molecule has 1 atom stereocenters. The van der Waals surface area contributed by atoms with Crippen molar-refractivity contribution in [3.63, 3.8) is 0 Å². The van der Waals surface area contributed by atoms with E-state index in [1.54, 1.807) is 30.3 Å². The molecule has 0 bridgehead atoms. The predicted molar refractivity (Wildman–Crippen MR) is 109 cm³/mol. The van der Waals surface area contributed by atoms with Crippen LogP contribution in [0.25, 0.3) is 0 Å². The number of ether oxygens (including phenoxy) is 2. The Kier molecular flexibility index (Phi) is 8.09. The molecule has 29 heavy (non-hydrogen) atoms. The van der Waals surface area contributed by atoms with Crippen LogP contribution in [0, 0.1) is 6.92 Å². The Morgan fingerprint density at radius 1 is 1.17 bits per heavy atom. The lowest BCUT2D eigenvalue weighted by atomic mass is 10.0. The van der Waals surface area contributed by atoms with Gasteiger partial charge in [-0.05, 0) is 56.0 Å². The molecule has 154 valence electrons. The fourth-order valence-electron chi connectivity index (χ4n) is 2.72. The molecule has 2 aromatic carbocycles. The Bertz CT molecular complexity index is 860. The molecule has 0 aromatic heterocycles. The molecule has 0 saturated heterocycles. The lowest BCUT2D eigenvalue weighted by Gasteiger charge is -2.19. The van der Waals surface area contributed by atoms with Crippen molar-refractivity contribution in [3.8, 4) is 11.5 Å². The number of benzene rings is 2. The van der Waals surface area contributed by atoms with Gasteiger partial charge in [-0.1, -0.05) is 29.8 Å². The first kappa shape index (κ1) is 21.8. The van der Waals surface area contributed by atoms with Crippen molar-refractivity contribution < 1.29 is 29.3 Å². The van der Waals surface area contributed by atoms with Crippen LogP contribution in [0.3, 0.4) is 0 Å². The van der Waals surface area contributed by atoms with E-state index in [4.69, 9.17) is 14.6 Å². The molecule has 0 fully saturated rings. The minimum Gasteiger partial charge on any atom is -0.504 e. The zero-order valence-corrected chi connectivity index (χ0v) is 16.4. The highest BCUT2D eigenvalue weighted by Crippen LogP contribution is 2.32. The molecule has 0 aliphatic heterocycles. The number of aromatic hydroxyl groups is 1. The van der Waals surface area contributed by atoms with Gasteiger partial charge in [-0.25, -0.2) is 9.59 Å². The Morgan fingerprint density at radius 3 is 2.52 bits per heavy atom. The highest BCUT2D eigenvalue weighted by atomic mass is 16.6. The van der Waals surface area contributed by atoms with Crippen molar-refractivity contribution in [1.82, 2.24) is 0 Å². The highest BCUT2D eigenvalue weighted by molar-refractivity contribution is 5.84. The average Bonchev–Trinajstić information content (AvgIpc) is 2.68. The maximum Gasteiger partial charge on any atom is 0.412 e. The number of hydrogen-bond acceptors (Lipinski definition) is 5. The van der Waals surface area contributed by atoms with Crippen LogP contribution in [-0.4, -0.2) is 29.4 Å². The van der Waals surface area contributed by atoms with E-state index in [9.17, 15) is 14.7 Å². The van der Waals surface area contributed by atoms with E-state index >= 15 is 0 Å². The molecule has 0 aliphatic carbocycles. The van der Waals surface area contributed by atoms with Crippen molar-refractivity contribution in [3.05, 3.63) is 65.7 Å². The number of rotatable bonds is 9. The molecule has 0 saturated carbocycles. The van der Waals surface area contributed by atoms with Gasteiger partial charge in [-0.2, -0.15) is 0 Å². The summed E-state index contributed by atoms with van der Waals surface area (Å²) in [6.07, 6.45) is 2.98. The number of allylic oxidation sites excluding steroid dienone is 1. The Labute approximate surface area is 169 Å². The van der Waals surface area contributed by atoms with Crippen LogP contribution >= 0.6 is 0 Å². The van der Waals surface area contributed by atoms with E-state index < -0.39 is 18.2 Å². The zero-order chi connectivity index (χ0) is 21.2. The van der Waals surface area contributed by atoms with Crippen molar-refractivity contribution in [2.45, 2.75) is 32.3 Å². The summed E-state index contributed by atoms with van der Waals surface area (Å²) in [6.45, 7) is 1.95. The molecule has 0 radical (unpaired) electrons. The van der Waals surface area contributed by atoms with E-state index in [0.717, 1.165) is 11.6 Å². The highest BCUT2D eigenvalue weighted by Gasteiger charge is 2.18. The van der Waals surface area contributed by atoms with Crippen molar-refractivity contribution in [1.29, 1.82) is 0 Å². The number of carboxylic acids is 1. The van der Waals surface area contributed by atoms with E-state index in [1.807, 2.05) is 19.1 Å². The number of amides is 1. The van der Waals surface area contributed by atoms with Crippen LogP contribution in [-0.2, 0) is 9.53 Å². The van der Waals surface area contributed by atoms with Crippen LogP contribution in [0.5, 0.6) is 11.5 Å². The molecule has 2 aromatic rings. The summed E-state index contributed by atoms with van der Waals surface area (Å²) in [5.41, 5.74) is 2.30. The smallest absolute Gasteiger partial charge is 0.412 e. The summed E-state index contributed by atoms with van der Waals surface area (Å²) in [7, 11) is 1.45. The summed E-state index contributed by atoms with van der Waals surface area (Å²) < 4.78 is 10.6. The van der Waals surface area contributed by atoms with E-state index in [-0.39, 0.29) is 5.75 Å². The lowest BCUT2D eigenvalue weighted by molar-refractivity contribution is -0.131. The second kappa shape index (κ2) is 10.8. The van der Waals surface area contributed by atoms with Crippen molar-refractivity contribution in [2.24, 2.45) is 0 Å². The zero-order valence-electron chi connectivity index (χ0n) is 16.4. The number of aryl methyl sites for hydroxylation is 1. The minimum absolute atomic E-state index is 0.0525. The summed E-state index contributed by atoms with van der Waals surface area (Å²) in [6, 6.07) is 12.1. The Balaban J connectivity index is 2.08. The quantitative estimate of drug-likeness (QED) is 0.413. The van der Waals surface area contributed by atoms with Crippen LogP contribution in [0.1, 0.15) is 36.5 Å².